The van der Waals surface area contributed by atoms with Crippen molar-refractivity contribution in [2.45, 2.75) is 19.8 Å². The summed E-state index contributed by atoms with van der Waals surface area (Å²) in [6.07, 6.45) is 4.76. The van der Waals surface area contributed by atoms with E-state index < -0.39 is 0 Å². The maximum atomic E-state index is 11.8. The summed E-state index contributed by atoms with van der Waals surface area (Å²) in [5, 5.41) is 5.84. The van der Waals surface area contributed by atoms with E-state index in [1.165, 1.54) is 6.26 Å². The smallest absolute Gasteiger partial charge is 0.287 e. The Hall–Kier alpha value is -2.83. The second-order valence-electron chi connectivity index (χ2n) is 5.31. The van der Waals surface area contributed by atoms with Crippen molar-refractivity contribution >= 4 is 11.9 Å². The molecule has 0 aliphatic heterocycles. The summed E-state index contributed by atoms with van der Waals surface area (Å²) in [5.74, 6) is 0.552. The molecule has 2 heterocycles. The molecule has 0 bridgehead atoms. The quantitative estimate of drug-likeness (QED) is 0.384. The lowest BCUT2D eigenvalue weighted by molar-refractivity contribution is 0.0925. The number of amides is 1. The van der Waals surface area contributed by atoms with Crippen LogP contribution in [0, 0.1) is 6.92 Å². The van der Waals surface area contributed by atoms with E-state index in [2.05, 4.69) is 20.6 Å². The van der Waals surface area contributed by atoms with Gasteiger partial charge in [0.15, 0.2) is 11.7 Å². The van der Waals surface area contributed by atoms with Crippen molar-refractivity contribution < 1.29 is 9.21 Å². The first-order chi connectivity index (χ1) is 11.7. The lowest BCUT2D eigenvalue weighted by Gasteiger charge is -2.06. The first kappa shape index (κ1) is 17.5. The molecule has 0 spiro atoms. The highest BCUT2D eigenvalue weighted by Crippen LogP contribution is 2.07. The van der Waals surface area contributed by atoms with Crippen LogP contribution in [0.25, 0.3) is 0 Å². The molecular weight excluding hydrogens is 306 g/mol. The molecule has 2 aromatic heterocycles. The number of aryl methyl sites for hydroxylation is 1. The summed E-state index contributed by atoms with van der Waals surface area (Å²) < 4.78 is 5.13. The Kier molecular flexibility index (Phi) is 6.82. The third kappa shape index (κ3) is 5.75. The van der Waals surface area contributed by atoms with E-state index in [0.29, 0.717) is 37.8 Å². The minimum Gasteiger partial charge on any atom is -0.459 e. The van der Waals surface area contributed by atoms with Gasteiger partial charge in [-0.1, -0.05) is 6.07 Å². The first-order valence-electron chi connectivity index (χ1n) is 7.93. The highest BCUT2D eigenvalue weighted by molar-refractivity contribution is 5.92. The zero-order valence-corrected chi connectivity index (χ0v) is 13.8. The molecule has 0 saturated carbocycles. The Morgan fingerprint density at radius 1 is 1.29 bits per heavy atom. The fourth-order valence-electron chi connectivity index (χ4n) is 2.09. The lowest BCUT2D eigenvalue weighted by atomic mass is 10.2. The topological polar surface area (TPSA) is 106 Å². The van der Waals surface area contributed by atoms with Gasteiger partial charge in [0, 0.05) is 43.5 Å². The molecule has 7 heteroatoms. The lowest BCUT2D eigenvalue weighted by Crippen LogP contribution is -2.33. The molecule has 1 amide bonds. The van der Waals surface area contributed by atoms with Gasteiger partial charge in [-0.2, -0.15) is 0 Å². The van der Waals surface area contributed by atoms with E-state index >= 15 is 0 Å². The van der Waals surface area contributed by atoms with Gasteiger partial charge in [-0.15, -0.1) is 0 Å². The monoisotopic (exact) mass is 329 g/mol. The van der Waals surface area contributed by atoms with Crippen LogP contribution in [0.15, 0.2) is 46.1 Å². The van der Waals surface area contributed by atoms with Crippen molar-refractivity contribution in [3.63, 3.8) is 0 Å². The maximum absolute atomic E-state index is 11.8. The normalized spacial score (nSPS) is 11.3. The highest BCUT2D eigenvalue weighted by atomic mass is 16.3. The molecule has 2 rings (SSSR count). The minimum absolute atomic E-state index is 0.206. The minimum atomic E-state index is -0.206. The number of nitrogens with two attached hydrogens (primary N) is 1. The third-order valence-corrected chi connectivity index (χ3v) is 3.38. The van der Waals surface area contributed by atoms with Crippen LogP contribution in [-0.4, -0.2) is 36.5 Å². The Balaban J connectivity index is 1.58. The van der Waals surface area contributed by atoms with E-state index in [9.17, 15) is 4.79 Å². The fourth-order valence-corrected chi connectivity index (χ4v) is 2.09. The van der Waals surface area contributed by atoms with Crippen LogP contribution in [0.1, 0.15) is 28.2 Å². The van der Waals surface area contributed by atoms with Gasteiger partial charge in [0.1, 0.15) is 0 Å². The van der Waals surface area contributed by atoms with Crippen LogP contribution in [0.5, 0.6) is 0 Å². The second-order valence-corrected chi connectivity index (χ2v) is 5.31. The predicted octanol–water partition coefficient (Wildman–Crippen LogP) is 1.25. The van der Waals surface area contributed by atoms with Crippen molar-refractivity contribution in [3.05, 3.63) is 53.7 Å². The molecule has 4 N–H and O–H groups in total. The van der Waals surface area contributed by atoms with Gasteiger partial charge in [-0.25, -0.2) is 0 Å². The van der Waals surface area contributed by atoms with Gasteiger partial charge < -0.3 is 20.8 Å². The molecule has 0 aliphatic carbocycles. The Morgan fingerprint density at radius 3 is 2.88 bits per heavy atom. The molecule has 128 valence electrons. The van der Waals surface area contributed by atoms with Crippen molar-refractivity contribution in [2.75, 3.05) is 19.6 Å². The van der Waals surface area contributed by atoms with Gasteiger partial charge in [-0.3, -0.25) is 14.8 Å². The standard InChI is InChI=1S/C17H23N5O2/c1-13-7-12-24-15(13)16(23)20-9-4-10-21-17(18)22-11-6-14-5-2-3-8-19-14/h2-3,5,7-8,12H,4,6,9-11H2,1H3,(H,20,23)(H3,18,21,22). The Bertz CT molecular complexity index is 667. The molecule has 2 aromatic rings. The Labute approximate surface area is 141 Å². The van der Waals surface area contributed by atoms with E-state index in [1.807, 2.05) is 25.1 Å². The Morgan fingerprint density at radius 2 is 2.17 bits per heavy atom. The summed E-state index contributed by atoms with van der Waals surface area (Å²) in [4.78, 5) is 20.3. The summed E-state index contributed by atoms with van der Waals surface area (Å²) in [7, 11) is 0. The van der Waals surface area contributed by atoms with E-state index in [4.69, 9.17) is 10.2 Å². The number of aromatic nitrogens is 1. The number of nitrogens with zero attached hydrogens (tertiary/aromatic N) is 2. The number of aliphatic imine (C=N–C) groups is 1. The molecule has 0 radical (unpaired) electrons. The number of nitrogens with one attached hydrogen (secondary N) is 2. The number of pyridine rings is 1. The predicted molar refractivity (Wildman–Crippen MR) is 92.8 cm³/mol. The van der Waals surface area contributed by atoms with Crippen LogP contribution in [0.2, 0.25) is 0 Å². The molecule has 0 aromatic carbocycles. The number of furan rings is 1. The molecule has 0 saturated heterocycles. The van der Waals surface area contributed by atoms with Gasteiger partial charge in [0.25, 0.3) is 5.91 Å². The second kappa shape index (κ2) is 9.34. The zero-order chi connectivity index (χ0) is 17.2. The van der Waals surface area contributed by atoms with Crippen LogP contribution >= 0.6 is 0 Å². The molecule has 24 heavy (non-hydrogen) atoms. The van der Waals surface area contributed by atoms with Gasteiger partial charge in [0.2, 0.25) is 0 Å². The van der Waals surface area contributed by atoms with E-state index in [1.54, 1.807) is 12.3 Å². The summed E-state index contributed by atoms with van der Waals surface area (Å²) in [5.41, 5.74) is 7.63. The highest BCUT2D eigenvalue weighted by Gasteiger charge is 2.11. The first-order valence-corrected chi connectivity index (χ1v) is 7.93. The van der Waals surface area contributed by atoms with Crippen molar-refractivity contribution in [1.82, 2.24) is 15.6 Å². The van der Waals surface area contributed by atoms with Crippen molar-refractivity contribution in [2.24, 2.45) is 10.7 Å². The van der Waals surface area contributed by atoms with Crippen LogP contribution in [-0.2, 0) is 6.42 Å². The van der Waals surface area contributed by atoms with Crippen LogP contribution in [0.3, 0.4) is 0 Å². The summed E-state index contributed by atoms with van der Waals surface area (Å²) >= 11 is 0. The average Bonchev–Trinajstić information content (AvgIpc) is 3.01. The van der Waals surface area contributed by atoms with Gasteiger partial charge in [-0.05, 0) is 31.5 Å². The number of rotatable bonds is 8. The number of carbonyl (C=O) groups excluding carboxylic acids is 1. The average molecular weight is 329 g/mol. The summed E-state index contributed by atoms with van der Waals surface area (Å²) in [6.45, 7) is 3.57. The van der Waals surface area contributed by atoms with Crippen molar-refractivity contribution in [1.29, 1.82) is 0 Å². The van der Waals surface area contributed by atoms with Gasteiger partial charge >= 0.3 is 0 Å². The largest absolute Gasteiger partial charge is 0.459 e. The molecule has 0 aliphatic rings. The number of guanidine groups is 1. The van der Waals surface area contributed by atoms with E-state index in [-0.39, 0.29) is 5.91 Å². The van der Waals surface area contributed by atoms with Gasteiger partial charge in [0.05, 0.1) is 6.26 Å². The number of carbonyl (C=O) groups is 1. The number of hydrogen-bond acceptors (Lipinski definition) is 4. The van der Waals surface area contributed by atoms with Crippen LogP contribution in [0.4, 0.5) is 0 Å². The van der Waals surface area contributed by atoms with Crippen LogP contribution < -0.4 is 16.4 Å². The molecule has 0 atom stereocenters. The van der Waals surface area contributed by atoms with E-state index in [0.717, 1.165) is 17.7 Å². The zero-order valence-electron chi connectivity index (χ0n) is 13.8. The molecule has 7 nitrogen and oxygen atoms in total. The SMILES string of the molecule is Cc1ccoc1C(=O)NCCCN=C(N)NCCc1ccccn1. The maximum Gasteiger partial charge on any atom is 0.287 e. The third-order valence-electron chi connectivity index (χ3n) is 3.38. The van der Waals surface area contributed by atoms with Crippen molar-refractivity contribution in [3.8, 4) is 0 Å². The summed E-state index contributed by atoms with van der Waals surface area (Å²) in [6, 6.07) is 7.58. The molecular formula is C17H23N5O2. The molecule has 0 fully saturated rings. The molecule has 0 unspecified atom stereocenters. The fraction of sp³-hybridized carbons (Fsp3) is 0.353. The number of hydrogen-bond donors (Lipinski definition) is 3.